The van der Waals surface area contributed by atoms with Crippen LogP contribution in [0.15, 0.2) is 54.4 Å². The molecule has 2 heterocycles. The minimum atomic E-state index is -0.360. The molecule has 2 aromatic rings. The van der Waals surface area contributed by atoms with E-state index in [2.05, 4.69) is 34.6 Å². The Morgan fingerprint density at radius 1 is 1.44 bits per heavy atom. The normalized spacial score (nSPS) is 14.6. The van der Waals surface area contributed by atoms with Gasteiger partial charge in [0.15, 0.2) is 5.65 Å². The maximum Gasteiger partial charge on any atom is 0.211 e. The molecule has 2 N–H and O–H groups in total. The van der Waals surface area contributed by atoms with E-state index in [1.165, 1.54) is 24.6 Å². The van der Waals surface area contributed by atoms with Gasteiger partial charge in [-0.15, -0.1) is 0 Å². The number of carbonyl (C=O) groups is 1. The van der Waals surface area contributed by atoms with E-state index < -0.39 is 0 Å². The van der Waals surface area contributed by atoms with Crippen molar-refractivity contribution in [3.8, 4) is 0 Å². The van der Waals surface area contributed by atoms with Crippen LogP contribution in [0, 0.1) is 5.41 Å². The Bertz CT molecular complexity index is 984. The Kier molecular flexibility index (Phi) is 9.39. The van der Waals surface area contributed by atoms with E-state index in [0.717, 1.165) is 18.5 Å². The van der Waals surface area contributed by atoms with Crippen LogP contribution in [0.25, 0.3) is 5.65 Å². The highest BCUT2D eigenvalue weighted by Gasteiger charge is 2.21. The molecule has 2 rings (SSSR count). The molecule has 0 bridgehead atoms. The molecule has 0 saturated heterocycles. The van der Waals surface area contributed by atoms with Crippen molar-refractivity contribution in [2.45, 2.75) is 27.2 Å². The molecule has 0 spiro atoms. The number of allylic oxidation sites excluding steroid dienone is 4. The molecule has 0 aliphatic rings. The van der Waals surface area contributed by atoms with E-state index in [9.17, 15) is 9.18 Å². The van der Waals surface area contributed by atoms with E-state index in [4.69, 9.17) is 4.74 Å². The predicted octanol–water partition coefficient (Wildman–Crippen LogP) is 3.70. The Labute approximate surface area is 188 Å². The van der Waals surface area contributed by atoms with Crippen LogP contribution >= 0.6 is 0 Å². The average molecular weight is 445 g/mol. The molecular weight excluding hydrogens is 411 g/mol. The van der Waals surface area contributed by atoms with E-state index in [0.29, 0.717) is 36.7 Å². The Morgan fingerprint density at radius 3 is 2.91 bits per heavy atom. The van der Waals surface area contributed by atoms with Gasteiger partial charge in [-0.25, -0.2) is 13.9 Å². The summed E-state index contributed by atoms with van der Waals surface area (Å²) in [5.74, 6) is 0.318. The molecule has 8 nitrogen and oxygen atoms in total. The number of amides is 1. The second kappa shape index (κ2) is 12.0. The lowest BCUT2D eigenvalue weighted by atomic mass is 9.89. The maximum absolute atomic E-state index is 14.2. The van der Waals surface area contributed by atoms with Crippen LogP contribution in [0.2, 0.25) is 0 Å². The zero-order chi connectivity index (χ0) is 23.6. The van der Waals surface area contributed by atoms with E-state index in [1.54, 1.807) is 16.8 Å². The SMILES string of the molecule is CCC(C)(CNC)CO/C=C/C=C(F)\C=C(/C)CN(C)c1ccn2ncc(NC=O)c2n1. The van der Waals surface area contributed by atoms with Crippen molar-refractivity contribution in [3.05, 3.63) is 54.4 Å². The minimum absolute atomic E-state index is 0.0421. The van der Waals surface area contributed by atoms with Crippen LogP contribution in [0.4, 0.5) is 15.9 Å². The summed E-state index contributed by atoms with van der Waals surface area (Å²) in [6.45, 7) is 8.02. The summed E-state index contributed by atoms with van der Waals surface area (Å²) in [5.41, 5.74) is 1.92. The summed E-state index contributed by atoms with van der Waals surface area (Å²) in [7, 11) is 3.78. The molecule has 0 aliphatic heterocycles. The zero-order valence-corrected chi connectivity index (χ0v) is 19.4. The molecule has 0 aromatic carbocycles. The predicted molar refractivity (Wildman–Crippen MR) is 126 cm³/mol. The summed E-state index contributed by atoms with van der Waals surface area (Å²) in [4.78, 5) is 17.2. The fourth-order valence-electron chi connectivity index (χ4n) is 3.16. The van der Waals surface area contributed by atoms with Crippen molar-refractivity contribution in [1.82, 2.24) is 19.9 Å². The fourth-order valence-corrected chi connectivity index (χ4v) is 3.16. The van der Waals surface area contributed by atoms with Gasteiger partial charge in [0, 0.05) is 31.7 Å². The van der Waals surface area contributed by atoms with Gasteiger partial charge in [0.05, 0.1) is 19.1 Å². The minimum Gasteiger partial charge on any atom is -0.501 e. The number of nitrogens with zero attached hydrogens (tertiary/aromatic N) is 4. The highest BCUT2D eigenvalue weighted by atomic mass is 19.1. The average Bonchev–Trinajstić information content (AvgIpc) is 3.16. The zero-order valence-electron chi connectivity index (χ0n) is 19.4. The number of anilines is 2. The monoisotopic (exact) mass is 444 g/mol. The lowest BCUT2D eigenvalue weighted by molar-refractivity contribution is -0.105. The van der Waals surface area contributed by atoms with Gasteiger partial charge in [-0.05, 0) is 44.7 Å². The van der Waals surface area contributed by atoms with Crippen molar-refractivity contribution < 1.29 is 13.9 Å². The molecule has 0 aliphatic carbocycles. The Balaban J connectivity index is 1.95. The number of ether oxygens (including phenoxy) is 1. The molecule has 1 unspecified atom stereocenters. The van der Waals surface area contributed by atoms with Crippen molar-refractivity contribution in [2.24, 2.45) is 5.41 Å². The third-order valence-electron chi connectivity index (χ3n) is 5.15. The quantitative estimate of drug-likeness (QED) is 0.278. The van der Waals surface area contributed by atoms with Gasteiger partial charge < -0.3 is 20.3 Å². The number of hydrogen-bond donors (Lipinski definition) is 2. The van der Waals surface area contributed by atoms with Crippen LogP contribution in [-0.4, -0.2) is 54.8 Å². The largest absolute Gasteiger partial charge is 0.501 e. The number of halogens is 1. The van der Waals surface area contributed by atoms with Gasteiger partial charge in [-0.1, -0.05) is 19.4 Å². The second-order valence-electron chi connectivity index (χ2n) is 8.11. The number of likely N-dealkylation sites (N-methyl/N-ethyl adjacent to an activating group) is 1. The maximum atomic E-state index is 14.2. The van der Waals surface area contributed by atoms with Gasteiger partial charge in [-0.2, -0.15) is 5.10 Å². The first kappa shape index (κ1) is 25.1. The first-order valence-corrected chi connectivity index (χ1v) is 10.5. The standard InChI is InChI=1S/C23H33FN6O2/c1-6-23(3,15-25-4)16-32-11-7-8-19(24)12-18(2)14-29(5)21-9-10-30-22(28-21)20(13-27-30)26-17-31/h7-13,17,25H,6,14-16H2,1-5H3,(H,26,31)/b11-7+,18-12+,19-8+. The first-order valence-electron chi connectivity index (χ1n) is 10.5. The van der Waals surface area contributed by atoms with E-state index in [-0.39, 0.29) is 11.2 Å². The highest BCUT2D eigenvalue weighted by molar-refractivity contribution is 5.80. The molecule has 32 heavy (non-hydrogen) atoms. The molecule has 174 valence electrons. The summed E-state index contributed by atoms with van der Waals surface area (Å²) >= 11 is 0. The first-order chi connectivity index (χ1) is 15.3. The topological polar surface area (TPSA) is 83.8 Å². The highest BCUT2D eigenvalue weighted by Crippen LogP contribution is 2.20. The number of aromatic nitrogens is 3. The Morgan fingerprint density at radius 2 is 2.22 bits per heavy atom. The molecular formula is C23H33FN6O2. The van der Waals surface area contributed by atoms with Crippen molar-refractivity contribution in [2.75, 3.05) is 44.0 Å². The van der Waals surface area contributed by atoms with E-state index in [1.807, 2.05) is 32.0 Å². The van der Waals surface area contributed by atoms with Gasteiger partial charge in [0.1, 0.15) is 17.3 Å². The lowest BCUT2D eigenvalue weighted by Gasteiger charge is -2.26. The van der Waals surface area contributed by atoms with E-state index >= 15 is 0 Å². The van der Waals surface area contributed by atoms with Gasteiger partial charge in [-0.3, -0.25) is 4.79 Å². The van der Waals surface area contributed by atoms with Crippen LogP contribution in [0.1, 0.15) is 27.2 Å². The number of hydrogen-bond acceptors (Lipinski definition) is 6. The lowest BCUT2D eigenvalue weighted by Crippen LogP contribution is -2.32. The number of rotatable bonds is 13. The number of fused-ring (bicyclic) bond motifs is 1. The molecule has 2 aromatic heterocycles. The van der Waals surface area contributed by atoms with Gasteiger partial charge in [0.2, 0.25) is 6.41 Å². The molecule has 9 heteroatoms. The third-order valence-corrected chi connectivity index (χ3v) is 5.15. The smallest absolute Gasteiger partial charge is 0.211 e. The molecule has 1 amide bonds. The van der Waals surface area contributed by atoms with Gasteiger partial charge >= 0.3 is 0 Å². The van der Waals surface area contributed by atoms with Crippen LogP contribution in [-0.2, 0) is 9.53 Å². The van der Waals surface area contributed by atoms with Crippen molar-refractivity contribution in [3.63, 3.8) is 0 Å². The number of nitrogens with one attached hydrogen (secondary N) is 2. The van der Waals surface area contributed by atoms with Crippen LogP contribution < -0.4 is 15.5 Å². The summed E-state index contributed by atoms with van der Waals surface area (Å²) in [6.07, 6.45) is 10.8. The van der Waals surface area contributed by atoms with Crippen LogP contribution in [0.5, 0.6) is 0 Å². The summed E-state index contributed by atoms with van der Waals surface area (Å²) in [6, 6.07) is 1.81. The van der Waals surface area contributed by atoms with Crippen molar-refractivity contribution in [1.29, 1.82) is 0 Å². The van der Waals surface area contributed by atoms with Crippen LogP contribution in [0.3, 0.4) is 0 Å². The van der Waals surface area contributed by atoms with Gasteiger partial charge in [0.25, 0.3) is 0 Å². The van der Waals surface area contributed by atoms with Crippen molar-refractivity contribution >= 4 is 23.6 Å². The molecule has 0 radical (unpaired) electrons. The molecule has 0 saturated carbocycles. The fraction of sp³-hybridized carbons (Fsp3) is 0.435. The second-order valence-corrected chi connectivity index (χ2v) is 8.11. The summed E-state index contributed by atoms with van der Waals surface area (Å²) < 4.78 is 21.4. The Hall–Kier alpha value is -3.20. The number of carbonyl (C=O) groups excluding carboxylic acids is 1. The molecule has 1 atom stereocenters. The summed E-state index contributed by atoms with van der Waals surface area (Å²) in [5, 5.41) is 9.88. The molecule has 0 fully saturated rings. The third kappa shape index (κ3) is 7.19.